The number of hydrogen-bond donors (Lipinski definition) is 1. The third-order valence-corrected chi connectivity index (χ3v) is 3.37. The number of oxazole rings is 1. The Hall–Kier alpha value is -2.30. The smallest absolute Gasteiger partial charge is 0.277 e. The van der Waals surface area contributed by atoms with Gasteiger partial charge in [0.05, 0.1) is 0 Å². The van der Waals surface area contributed by atoms with E-state index < -0.39 is 0 Å². The molecule has 21 heavy (non-hydrogen) atoms. The van der Waals surface area contributed by atoms with Crippen molar-refractivity contribution in [2.45, 2.75) is 27.7 Å². The van der Waals surface area contributed by atoms with Crippen LogP contribution in [-0.2, 0) is 0 Å². The number of rotatable bonds is 5. The molecule has 0 unspecified atom stereocenters. The van der Waals surface area contributed by atoms with Crippen molar-refractivity contribution < 1.29 is 9.21 Å². The number of amides is 1. The highest BCUT2D eigenvalue weighted by molar-refractivity contribution is 6.03. The van der Waals surface area contributed by atoms with E-state index >= 15 is 0 Å². The Kier molecular flexibility index (Phi) is 4.62. The molecule has 0 spiro atoms. The molecule has 5 nitrogen and oxygen atoms in total. The van der Waals surface area contributed by atoms with Crippen LogP contribution in [0, 0.1) is 13.8 Å². The summed E-state index contributed by atoms with van der Waals surface area (Å²) >= 11 is 0. The summed E-state index contributed by atoms with van der Waals surface area (Å²) in [6.07, 6.45) is 0. The lowest BCUT2D eigenvalue weighted by Crippen LogP contribution is -2.21. The van der Waals surface area contributed by atoms with Crippen LogP contribution in [0.15, 0.2) is 28.7 Å². The average Bonchev–Trinajstić information content (AvgIpc) is 2.81. The summed E-state index contributed by atoms with van der Waals surface area (Å²) in [5.74, 6) is 0.777. The highest BCUT2D eigenvalue weighted by Crippen LogP contribution is 2.19. The first-order valence-electron chi connectivity index (χ1n) is 7.15. The van der Waals surface area contributed by atoms with Crippen LogP contribution >= 0.6 is 0 Å². The van der Waals surface area contributed by atoms with E-state index in [1.54, 1.807) is 13.8 Å². The van der Waals surface area contributed by atoms with Gasteiger partial charge in [0, 0.05) is 31.4 Å². The van der Waals surface area contributed by atoms with Crippen molar-refractivity contribution in [1.29, 1.82) is 0 Å². The Morgan fingerprint density at radius 1 is 1.19 bits per heavy atom. The van der Waals surface area contributed by atoms with E-state index in [1.807, 2.05) is 24.3 Å². The summed E-state index contributed by atoms with van der Waals surface area (Å²) in [6, 6.07) is 7.80. The van der Waals surface area contributed by atoms with E-state index in [4.69, 9.17) is 4.42 Å². The van der Waals surface area contributed by atoms with Crippen LogP contribution < -0.4 is 10.2 Å². The molecule has 1 aromatic carbocycles. The monoisotopic (exact) mass is 287 g/mol. The van der Waals surface area contributed by atoms with Gasteiger partial charge in [-0.25, -0.2) is 4.98 Å². The van der Waals surface area contributed by atoms with Crippen LogP contribution in [0.3, 0.4) is 0 Å². The molecule has 0 atom stereocenters. The second-order valence-corrected chi connectivity index (χ2v) is 4.81. The Labute approximate surface area is 125 Å². The Morgan fingerprint density at radius 3 is 2.29 bits per heavy atom. The van der Waals surface area contributed by atoms with Gasteiger partial charge < -0.3 is 14.6 Å². The molecule has 0 aliphatic heterocycles. The number of benzene rings is 1. The van der Waals surface area contributed by atoms with E-state index in [-0.39, 0.29) is 5.91 Å². The summed E-state index contributed by atoms with van der Waals surface area (Å²) in [5.41, 5.74) is 2.22. The summed E-state index contributed by atoms with van der Waals surface area (Å²) in [6.45, 7) is 9.62. The molecule has 1 heterocycles. The number of anilines is 2. The van der Waals surface area contributed by atoms with E-state index in [0.29, 0.717) is 17.3 Å². The third kappa shape index (κ3) is 3.42. The number of aromatic nitrogens is 1. The van der Waals surface area contributed by atoms with Crippen LogP contribution in [0.25, 0.3) is 0 Å². The number of carbonyl (C=O) groups excluding carboxylic acids is 1. The molecule has 112 valence electrons. The fourth-order valence-corrected chi connectivity index (χ4v) is 2.27. The lowest BCUT2D eigenvalue weighted by Gasteiger charge is -2.21. The van der Waals surface area contributed by atoms with Crippen molar-refractivity contribution in [3.63, 3.8) is 0 Å². The minimum Gasteiger partial charge on any atom is -0.445 e. The van der Waals surface area contributed by atoms with Gasteiger partial charge in [-0.2, -0.15) is 0 Å². The number of nitrogens with one attached hydrogen (secondary N) is 1. The molecule has 1 N–H and O–H groups in total. The molecule has 1 amide bonds. The molecule has 2 rings (SSSR count). The molecule has 5 heteroatoms. The van der Waals surface area contributed by atoms with Crippen molar-refractivity contribution in [1.82, 2.24) is 4.98 Å². The first kappa shape index (κ1) is 15.1. The second-order valence-electron chi connectivity index (χ2n) is 4.81. The SMILES string of the molecule is CCN(CC)c1ccc(NC(=O)c2nc(C)oc2C)cc1. The molecule has 2 aromatic rings. The van der Waals surface area contributed by atoms with E-state index in [2.05, 4.69) is 29.0 Å². The molecule has 0 bridgehead atoms. The molecular weight excluding hydrogens is 266 g/mol. The fraction of sp³-hybridized carbons (Fsp3) is 0.375. The van der Waals surface area contributed by atoms with Crippen molar-refractivity contribution in [2.75, 3.05) is 23.3 Å². The number of aryl methyl sites for hydroxylation is 2. The molecule has 0 fully saturated rings. The maximum absolute atomic E-state index is 12.1. The summed E-state index contributed by atoms with van der Waals surface area (Å²) in [4.78, 5) is 18.5. The third-order valence-electron chi connectivity index (χ3n) is 3.37. The van der Waals surface area contributed by atoms with Gasteiger partial charge in [0.25, 0.3) is 5.91 Å². The fourth-order valence-electron chi connectivity index (χ4n) is 2.27. The minimum absolute atomic E-state index is 0.250. The maximum atomic E-state index is 12.1. The molecule has 0 radical (unpaired) electrons. The predicted octanol–water partition coefficient (Wildman–Crippen LogP) is 3.39. The van der Waals surface area contributed by atoms with Crippen molar-refractivity contribution >= 4 is 17.3 Å². The van der Waals surface area contributed by atoms with Crippen LogP contribution in [0.2, 0.25) is 0 Å². The average molecular weight is 287 g/mol. The van der Waals surface area contributed by atoms with Crippen LogP contribution in [0.4, 0.5) is 11.4 Å². The predicted molar refractivity (Wildman–Crippen MR) is 83.9 cm³/mol. The molecule has 1 aromatic heterocycles. The van der Waals surface area contributed by atoms with Gasteiger partial charge in [0.2, 0.25) is 0 Å². The number of carbonyl (C=O) groups is 1. The van der Waals surface area contributed by atoms with Gasteiger partial charge in [-0.05, 0) is 45.0 Å². The van der Waals surface area contributed by atoms with Gasteiger partial charge in [-0.15, -0.1) is 0 Å². The van der Waals surface area contributed by atoms with Crippen LogP contribution in [0.1, 0.15) is 36.0 Å². The Bertz CT molecular complexity index is 613. The Balaban J connectivity index is 2.10. The minimum atomic E-state index is -0.250. The number of nitrogens with zero attached hydrogens (tertiary/aromatic N) is 2. The molecule has 0 aliphatic carbocycles. The Morgan fingerprint density at radius 2 is 1.81 bits per heavy atom. The first-order valence-corrected chi connectivity index (χ1v) is 7.15. The molecule has 0 aliphatic rings. The van der Waals surface area contributed by atoms with E-state index in [0.717, 1.165) is 24.5 Å². The second kappa shape index (κ2) is 6.43. The highest BCUT2D eigenvalue weighted by Gasteiger charge is 2.15. The quantitative estimate of drug-likeness (QED) is 0.915. The zero-order valence-corrected chi connectivity index (χ0v) is 12.9. The maximum Gasteiger partial charge on any atom is 0.277 e. The molecular formula is C16H21N3O2. The summed E-state index contributed by atoms with van der Waals surface area (Å²) < 4.78 is 5.27. The summed E-state index contributed by atoms with van der Waals surface area (Å²) in [7, 11) is 0. The lowest BCUT2D eigenvalue weighted by atomic mass is 10.2. The standard InChI is InChI=1S/C16H21N3O2/c1-5-19(6-2)14-9-7-13(8-10-14)18-16(20)15-11(3)21-12(4)17-15/h7-10H,5-6H2,1-4H3,(H,18,20). The number of hydrogen-bond acceptors (Lipinski definition) is 4. The summed E-state index contributed by atoms with van der Waals surface area (Å²) in [5, 5.41) is 2.83. The normalized spacial score (nSPS) is 10.5. The molecule has 0 saturated carbocycles. The lowest BCUT2D eigenvalue weighted by molar-refractivity contribution is 0.102. The van der Waals surface area contributed by atoms with E-state index in [1.165, 1.54) is 0 Å². The van der Waals surface area contributed by atoms with E-state index in [9.17, 15) is 4.79 Å². The van der Waals surface area contributed by atoms with Crippen molar-refractivity contribution in [3.05, 3.63) is 41.6 Å². The first-order chi connectivity index (χ1) is 10.0. The van der Waals surface area contributed by atoms with Gasteiger partial charge in [-0.1, -0.05) is 0 Å². The zero-order valence-electron chi connectivity index (χ0n) is 12.9. The molecule has 0 saturated heterocycles. The van der Waals surface area contributed by atoms with Crippen molar-refractivity contribution in [3.8, 4) is 0 Å². The topological polar surface area (TPSA) is 58.4 Å². The van der Waals surface area contributed by atoms with Gasteiger partial charge in [0.1, 0.15) is 5.76 Å². The largest absolute Gasteiger partial charge is 0.445 e. The van der Waals surface area contributed by atoms with Gasteiger partial charge in [0.15, 0.2) is 11.6 Å². The van der Waals surface area contributed by atoms with Crippen LogP contribution in [-0.4, -0.2) is 24.0 Å². The van der Waals surface area contributed by atoms with Crippen LogP contribution in [0.5, 0.6) is 0 Å². The van der Waals surface area contributed by atoms with Gasteiger partial charge in [-0.3, -0.25) is 4.79 Å². The van der Waals surface area contributed by atoms with Crippen molar-refractivity contribution in [2.24, 2.45) is 0 Å². The van der Waals surface area contributed by atoms with Gasteiger partial charge >= 0.3 is 0 Å². The highest BCUT2D eigenvalue weighted by atomic mass is 16.4. The zero-order chi connectivity index (χ0) is 15.4.